The van der Waals surface area contributed by atoms with E-state index >= 15 is 0 Å². The van der Waals surface area contributed by atoms with Crippen molar-refractivity contribution in [3.8, 4) is 23.5 Å². The molecule has 0 spiro atoms. The molecule has 0 fully saturated rings. The van der Waals surface area contributed by atoms with Gasteiger partial charge in [-0.05, 0) is 78.5 Å². The van der Waals surface area contributed by atoms with Crippen molar-refractivity contribution in [1.29, 1.82) is 0 Å². The van der Waals surface area contributed by atoms with E-state index in [9.17, 15) is 20.4 Å². The summed E-state index contributed by atoms with van der Waals surface area (Å²) in [6.45, 7) is 2.08. The monoisotopic (exact) mass is 1070 g/mol. The van der Waals surface area contributed by atoms with Crippen molar-refractivity contribution in [3.05, 3.63) is 220 Å². The molecule has 0 aliphatic carbocycles. The van der Waals surface area contributed by atoms with E-state index in [1.165, 1.54) is 45.7 Å². The van der Waals surface area contributed by atoms with Crippen LogP contribution in [0.5, 0.6) is 23.5 Å². The molecule has 0 aliphatic rings. The first-order chi connectivity index (χ1) is 28.0. The Morgan fingerprint density at radius 3 is 0.683 bits per heavy atom. The molecule has 15 heteroatoms. The van der Waals surface area contributed by atoms with Gasteiger partial charge in [0.05, 0.1) is 0 Å². The van der Waals surface area contributed by atoms with Crippen molar-refractivity contribution in [2.45, 2.75) is 6.92 Å². The predicted molar refractivity (Wildman–Crippen MR) is 231 cm³/mol. The topological polar surface area (TPSA) is 144 Å². The van der Waals surface area contributed by atoms with Crippen LogP contribution in [0.15, 0.2) is 194 Å². The number of aryl methyl sites for hydroxylation is 1. The van der Waals surface area contributed by atoms with E-state index < -0.39 is 7.92 Å². The van der Waals surface area contributed by atoms with Crippen LogP contribution >= 0.6 is 54.3 Å². The number of hydrogen-bond acceptors (Lipinski definition) is 8. The Labute approximate surface area is 397 Å². The summed E-state index contributed by atoms with van der Waals surface area (Å²) in [5, 5.41) is 46.4. The van der Waals surface area contributed by atoms with Crippen LogP contribution in [-0.2, 0) is 39.0 Å². The maximum atomic E-state index is 10.3. The molecular weight excluding hydrogens is 1040 g/mol. The third kappa shape index (κ3) is 23.3. The third-order valence-corrected chi connectivity index (χ3v) is 10.0. The number of rotatable bonds is 3. The van der Waals surface area contributed by atoms with Gasteiger partial charge in [0.15, 0.2) is 0 Å². The van der Waals surface area contributed by atoms with Gasteiger partial charge in [-0.15, -0.1) is 0 Å². The molecule has 0 aliphatic heterocycles. The standard InChI is InChI=1S/C18H15P.C7H8.4C5H4ClNO.2Ru/c1-4-10-16(11-5-1)19(17-12-6-2-7-13-17)18-14-8-3-9-15-18;1-7-5-3-2-4-6-7;4*6-4-2-1-3-5(8)7-4;;/h1-15H;2-6H,1H3;4*1-3H,(H,7,8);;/q;;;;;;2*+2/p-4. The van der Waals surface area contributed by atoms with Crippen LogP contribution in [0.3, 0.4) is 0 Å². The summed E-state index contributed by atoms with van der Waals surface area (Å²) in [6, 6.07) is 60.5. The quantitative estimate of drug-likeness (QED) is 0.0972. The van der Waals surface area contributed by atoms with Gasteiger partial charge < -0.3 is 20.4 Å². The van der Waals surface area contributed by atoms with Crippen molar-refractivity contribution in [1.82, 2.24) is 19.9 Å². The average Bonchev–Trinajstić information content (AvgIpc) is 3.21. The molecule has 0 radical (unpaired) electrons. The fourth-order valence-electron chi connectivity index (χ4n) is 4.27. The maximum absolute atomic E-state index is 10.3. The van der Waals surface area contributed by atoms with Gasteiger partial charge in [0.2, 0.25) is 0 Å². The number of pyridine rings is 4. The fraction of sp³-hybridized carbons (Fsp3) is 0.0222. The minimum Gasteiger partial charge on any atom is -0.859 e. The summed E-state index contributed by atoms with van der Waals surface area (Å²) >= 11 is 21.3. The Kier molecular flexibility index (Phi) is 28.0. The molecule has 0 N–H and O–H groups in total. The molecule has 4 aromatic carbocycles. The largest absolute Gasteiger partial charge is 2.00 e. The first-order valence-electron chi connectivity index (χ1n) is 17.2. The van der Waals surface area contributed by atoms with Crippen molar-refractivity contribution < 1.29 is 59.4 Å². The number of benzene rings is 4. The van der Waals surface area contributed by atoms with Crippen LogP contribution in [0.1, 0.15) is 5.56 Å². The zero-order valence-corrected chi connectivity index (χ0v) is 39.0. The summed E-state index contributed by atoms with van der Waals surface area (Å²) in [5.41, 5.74) is 1.32. The van der Waals surface area contributed by atoms with E-state index in [4.69, 9.17) is 46.4 Å². The van der Waals surface area contributed by atoms with Crippen LogP contribution in [0.25, 0.3) is 0 Å². The molecule has 0 saturated heterocycles. The number of halogens is 4. The van der Waals surface area contributed by atoms with Gasteiger partial charge in [0.25, 0.3) is 0 Å². The van der Waals surface area contributed by atoms with Gasteiger partial charge in [0.1, 0.15) is 20.6 Å². The SMILES string of the molecule is Cc1ccccc1.[O-]c1cccc(Cl)n1.[O-]c1cccc(Cl)n1.[O-]c1cccc(Cl)n1.[O-]c1cccc(Cl)n1.[Ru+2].[Ru+2].c1ccc(P(c2ccccc2)c2ccccc2)cc1. The van der Waals surface area contributed by atoms with E-state index in [2.05, 4.69) is 130 Å². The van der Waals surface area contributed by atoms with E-state index in [1.54, 1.807) is 48.5 Å². The molecule has 0 bridgehead atoms. The van der Waals surface area contributed by atoms with Crippen molar-refractivity contribution >= 4 is 70.2 Å². The number of nitrogens with zero attached hydrogens (tertiary/aromatic N) is 4. The molecule has 0 saturated carbocycles. The fourth-order valence-corrected chi connectivity index (χ4v) is 7.20. The molecule has 4 heterocycles. The zero-order valence-electron chi connectivity index (χ0n) is 31.6. The van der Waals surface area contributed by atoms with E-state index in [-0.39, 0.29) is 83.1 Å². The molecule has 4 aromatic heterocycles. The predicted octanol–water partition coefficient (Wildman–Crippen LogP) is 8.67. The minimum absolute atomic E-state index is 0. The van der Waals surface area contributed by atoms with Gasteiger partial charge in [0, 0.05) is 0 Å². The van der Waals surface area contributed by atoms with E-state index in [0.717, 1.165) is 0 Å². The summed E-state index contributed by atoms with van der Waals surface area (Å²) in [5.74, 6) is -1.18. The second-order valence-corrected chi connectivity index (χ2v) is 15.0. The Bertz CT molecular complexity index is 2000. The van der Waals surface area contributed by atoms with Gasteiger partial charge in [-0.3, -0.25) is 19.9 Å². The van der Waals surface area contributed by atoms with Crippen LogP contribution in [0.2, 0.25) is 20.6 Å². The molecule has 0 amide bonds. The molecule has 0 atom stereocenters. The normalized spacial score (nSPS) is 9.23. The van der Waals surface area contributed by atoms with Crippen LogP contribution in [0, 0.1) is 6.92 Å². The summed E-state index contributed by atoms with van der Waals surface area (Å²) in [7, 11) is -0.446. The average molecular weight is 1070 g/mol. The number of aromatic nitrogens is 4. The second kappa shape index (κ2) is 31.4. The van der Waals surface area contributed by atoms with E-state index in [1.807, 2.05) is 18.2 Å². The summed E-state index contributed by atoms with van der Waals surface area (Å²) in [4.78, 5) is 13.5. The van der Waals surface area contributed by atoms with Crippen molar-refractivity contribution in [3.63, 3.8) is 0 Å². The molecular formula is C45H35Cl4N4O4PRu2. The Balaban J connectivity index is 0.000000378. The van der Waals surface area contributed by atoms with Crippen LogP contribution in [0.4, 0.5) is 0 Å². The Morgan fingerprint density at radius 1 is 0.317 bits per heavy atom. The van der Waals surface area contributed by atoms with Crippen molar-refractivity contribution in [2.75, 3.05) is 0 Å². The van der Waals surface area contributed by atoms with Gasteiger partial charge in [-0.1, -0.05) is 222 Å². The van der Waals surface area contributed by atoms with Gasteiger partial charge in [-0.25, -0.2) is 0 Å². The zero-order chi connectivity index (χ0) is 42.0. The van der Waals surface area contributed by atoms with Crippen molar-refractivity contribution in [2.24, 2.45) is 0 Å². The molecule has 8 rings (SSSR count). The Hall–Kier alpha value is -4.48. The maximum Gasteiger partial charge on any atom is 2.00 e. The summed E-state index contributed by atoms with van der Waals surface area (Å²) in [6.07, 6.45) is 0. The Morgan fingerprint density at radius 2 is 0.533 bits per heavy atom. The second-order valence-electron chi connectivity index (χ2n) is 11.2. The smallest absolute Gasteiger partial charge is 0.859 e. The minimum atomic E-state index is -0.446. The van der Waals surface area contributed by atoms with Gasteiger partial charge >= 0.3 is 39.0 Å². The van der Waals surface area contributed by atoms with Crippen LogP contribution < -0.4 is 36.3 Å². The molecule has 0 unspecified atom stereocenters. The molecule has 60 heavy (non-hydrogen) atoms. The van der Waals surface area contributed by atoms with Gasteiger partial charge in [-0.2, -0.15) is 0 Å². The molecule has 8 nitrogen and oxygen atoms in total. The summed E-state index contributed by atoms with van der Waals surface area (Å²) < 4.78 is 0. The van der Waals surface area contributed by atoms with Crippen LogP contribution in [-0.4, -0.2) is 19.9 Å². The third-order valence-electron chi connectivity index (χ3n) is 6.74. The first-order valence-corrected chi connectivity index (χ1v) is 20.0. The number of hydrogen-bond donors (Lipinski definition) is 0. The molecule has 8 aromatic rings. The van der Waals surface area contributed by atoms with E-state index in [0.29, 0.717) is 0 Å². The molecule has 308 valence electrons. The first kappa shape index (κ1) is 53.5.